The fraction of sp³-hybridized carbons (Fsp3) is 0.471. The van der Waals surface area contributed by atoms with Crippen LogP contribution in [0.5, 0.6) is 0 Å². The normalized spacial score (nSPS) is 17.0. The van der Waals surface area contributed by atoms with E-state index in [1.165, 1.54) is 0 Å². The average Bonchev–Trinajstić information content (AvgIpc) is 2.99. The summed E-state index contributed by atoms with van der Waals surface area (Å²) in [4.78, 5) is 38.4. The molecule has 0 unspecified atom stereocenters. The quantitative estimate of drug-likeness (QED) is 0.600. The third-order valence-corrected chi connectivity index (χ3v) is 4.47. The number of rotatable bonds is 7. The number of esters is 1. The summed E-state index contributed by atoms with van der Waals surface area (Å²) in [5, 5.41) is 2.64. The fourth-order valence-corrected chi connectivity index (χ4v) is 2.92. The van der Waals surface area contributed by atoms with Crippen molar-refractivity contribution in [2.24, 2.45) is 5.92 Å². The lowest BCUT2D eigenvalue weighted by Crippen LogP contribution is -2.31. The van der Waals surface area contributed by atoms with Crippen LogP contribution in [0.4, 0.5) is 5.69 Å². The lowest BCUT2D eigenvalue weighted by molar-refractivity contribution is -0.152. The van der Waals surface area contributed by atoms with Gasteiger partial charge in [0.05, 0.1) is 5.92 Å². The highest BCUT2D eigenvalue weighted by molar-refractivity contribution is 7.98. The number of amides is 2. The number of hydrogen-bond acceptors (Lipinski definition) is 5. The Bertz CT molecular complexity index is 620. The molecule has 1 N–H and O–H groups in total. The second-order valence-corrected chi connectivity index (χ2v) is 6.44. The van der Waals surface area contributed by atoms with Crippen molar-refractivity contribution in [2.45, 2.75) is 24.7 Å². The van der Waals surface area contributed by atoms with Gasteiger partial charge in [0.25, 0.3) is 5.91 Å². The monoisotopic (exact) mass is 350 g/mol. The van der Waals surface area contributed by atoms with Crippen molar-refractivity contribution in [3.05, 3.63) is 24.3 Å². The second-order valence-electron chi connectivity index (χ2n) is 5.56. The van der Waals surface area contributed by atoms with E-state index in [2.05, 4.69) is 5.32 Å². The van der Waals surface area contributed by atoms with Crippen molar-refractivity contribution >= 4 is 35.2 Å². The van der Waals surface area contributed by atoms with Crippen LogP contribution in [-0.4, -0.2) is 43.7 Å². The van der Waals surface area contributed by atoms with Gasteiger partial charge < -0.3 is 15.0 Å². The molecule has 24 heavy (non-hydrogen) atoms. The molecule has 1 saturated heterocycles. The first-order valence-electron chi connectivity index (χ1n) is 7.93. The number of carbonyl (C=O) groups is 3. The van der Waals surface area contributed by atoms with E-state index in [4.69, 9.17) is 4.74 Å². The Morgan fingerprint density at radius 2 is 2.21 bits per heavy atom. The highest BCUT2D eigenvalue weighted by Gasteiger charge is 2.36. The number of ether oxygens (including phenoxy) is 1. The summed E-state index contributed by atoms with van der Waals surface area (Å²) >= 11 is 1.59. The van der Waals surface area contributed by atoms with E-state index >= 15 is 0 Å². The molecule has 0 aliphatic carbocycles. The summed E-state index contributed by atoms with van der Waals surface area (Å²) in [6.07, 6.45) is 2.90. The third-order valence-electron chi connectivity index (χ3n) is 3.74. The van der Waals surface area contributed by atoms with E-state index in [0.717, 1.165) is 17.0 Å². The van der Waals surface area contributed by atoms with Crippen molar-refractivity contribution in [3.63, 3.8) is 0 Å². The molecular formula is C17H22N2O4S. The van der Waals surface area contributed by atoms with Crippen molar-refractivity contribution in [1.29, 1.82) is 0 Å². The van der Waals surface area contributed by atoms with Gasteiger partial charge in [-0.25, -0.2) is 0 Å². The van der Waals surface area contributed by atoms with Crippen LogP contribution in [0.1, 0.15) is 19.8 Å². The van der Waals surface area contributed by atoms with E-state index in [9.17, 15) is 14.4 Å². The molecule has 0 aromatic heterocycles. The minimum atomic E-state index is -0.533. The van der Waals surface area contributed by atoms with Crippen molar-refractivity contribution in [2.75, 3.05) is 30.9 Å². The van der Waals surface area contributed by atoms with E-state index in [1.807, 2.05) is 37.4 Å². The molecule has 1 aliphatic rings. The molecule has 2 amide bonds. The maximum atomic E-state index is 12.2. The van der Waals surface area contributed by atoms with Crippen LogP contribution in [0, 0.1) is 5.92 Å². The van der Waals surface area contributed by atoms with Gasteiger partial charge in [-0.15, -0.1) is 11.8 Å². The molecule has 130 valence electrons. The molecule has 1 atom stereocenters. The zero-order chi connectivity index (χ0) is 17.5. The van der Waals surface area contributed by atoms with Crippen molar-refractivity contribution in [3.8, 4) is 0 Å². The van der Waals surface area contributed by atoms with Gasteiger partial charge >= 0.3 is 5.97 Å². The molecule has 1 heterocycles. The molecule has 6 nitrogen and oxygen atoms in total. The van der Waals surface area contributed by atoms with Crippen LogP contribution in [0.25, 0.3) is 0 Å². The predicted octanol–water partition coefficient (Wildman–Crippen LogP) is 1.83. The predicted molar refractivity (Wildman–Crippen MR) is 92.9 cm³/mol. The molecule has 0 saturated carbocycles. The summed E-state index contributed by atoms with van der Waals surface area (Å²) in [5.74, 6) is -1.46. The number of hydrogen-bond donors (Lipinski definition) is 1. The molecule has 7 heteroatoms. The maximum absolute atomic E-state index is 12.2. The smallest absolute Gasteiger partial charge is 0.311 e. The first-order chi connectivity index (χ1) is 11.5. The number of anilines is 1. The second kappa shape index (κ2) is 8.73. The van der Waals surface area contributed by atoms with Gasteiger partial charge in [-0.2, -0.15) is 0 Å². The number of nitrogens with zero attached hydrogens (tertiary/aromatic N) is 1. The van der Waals surface area contributed by atoms with Crippen LogP contribution < -0.4 is 10.2 Å². The number of nitrogens with one attached hydrogen (secondary N) is 1. The highest BCUT2D eigenvalue weighted by Crippen LogP contribution is 2.28. The Morgan fingerprint density at radius 3 is 2.92 bits per heavy atom. The van der Waals surface area contributed by atoms with Gasteiger partial charge in [0.15, 0.2) is 6.61 Å². The van der Waals surface area contributed by atoms with Gasteiger partial charge in [0.1, 0.15) is 0 Å². The minimum Gasteiger partial charge on any atom is -0.455 e. The standard InChI is InChI=1S/C17H22N2O4S/c1-3-7-18-15(20)11-23-17(22)12-8-16(21)19(10-12)13-5-4-6-14(9-13)24-2/h4-6,9,12H,3,7-8,10-11H2,1-2H3,(H,18,20)/t12-/m1/s1. The van der Waals surface area contributed by atoms with Gasteiger partial charge in [0, 0.05) is 30.1 Å². The molecule has 0 bridgehead atoms. The van der Waals surface area contributed by atoms with E-state index < -0.39 is 11.9 Å². The zero-order valence-corrected chi connectivity index (χ0v) is 14.7. The Kier molecular flexibility index (Phi) is 6.66. The van der Waals surface area contributed by atoms with Crippen LogP contribution in [0.2, 0.25) is 0 Å². The number of carbonyl (C=O) groups excluding carboxylic acids is 3. The Labute approximate surface area is 145 Å². The molecule has 2 rings (SSSR count). The fourth-order valence-electron chi connectivity index (χ4n) is 2.46. The Hall–Kier alpha value is -2.02. The molecule has 0 radical (unpaired) electrons. The highest BCUT2D eigenvalue weighted by atomic mass is 32.2. The Balaban J connectivity index is 1.91. The lowest BCUT2D eigenvalue weighted by atomic mass is 10.1. The number of thioether (sulfide) groups is 1. The van der Waals surface area contributed by atoms with Crippen LogP contribution in [0.15, 0.2) is 29.2 Å². The van der Waals surface area contributed by atoms with Crippen LogP contribution in [0.3, 0.4) is 0 Å². The molecule has 0 spiro atoms. The third kappa shape index (κ3) is 4.74. The molecule has 1 aromatic carbocycles. The average molecular weight is 350 g/mol. The van der Waals surface area contributed by atoms with Crippen LogP contribution in [-0.2, 0) is 19.1 Å². The van der Waals surface area contributed by atoms with Crippen LogP contribution >= 0.6 is 11.8 Å². The summed E-state index contributed by atoms with van der Waals surface area (Å²) in [5.41, 5.74) is 0.780. The summed E-state index contributed by atoms with van der Waals surface area (Å²) < 4.78 is 5.03. The van der Waals surface area contributed by atoms with Gasteiger partial charge in [0.2, 0.25) is 5.91 Å². The first kappa shape index (κ1) is 18.3. The molecule has 1 aromatic rings. The SMILES string of the molecule is CCCNC(=O)COC(=O)[C@@H]1CC(=O)N(c2cccc(SC)c2)C1. The molecular weight excluding hydrogens is 328 g/mol. The Morgan fingerprint density at radius 1 is 1.42 bits per heavy atom. The van der Waals surface area contributed by atoms with E-state index in [-0.39, 0.29) is 31.4 Å². The topological polar surface area (TPSA) is 75.7 Å². The van der Waals surface area contributed by atoms with E-state index in [0.29, 0.717) is 6.54 Å². The summed E-state index contributed by atoms with van der Waals surface area (Å²) in [6, 6.07) is 7.63. The molecule has 1 fully saturated rings. The number of benzene rings is 1. The minimum absolute atomic E-state index is 0.106. The van der Waals surface area contributed by atoms with Crippen molar-refractivity contribution < 1.29 is 19.1 Å². The van der Waals surface area contributed by atoms with Crippen molar-refractivity contribution in [1.82, 2.24) is 5.32 Å². The lowest BCUT2D eigenvalue weighted by Gasteiger charge is -2.17. The summed E-state index contributed by atoms with van der Waals surface area (Å²) in [6.45, 7) is 2.48. The van der Waals surface area contributed by atoms with E-state index in [1.54, 1.807) is 16.7 Å². The largest absolute Gasteiger partial charge is 0.455 e. The van der Waals surface area contributed by atoms with Gasteiger partial charge in [-0.3, -0.25) is 14.4 Å². The zero-order valence-electron chi connectivity index (χ0n) is 13.9. The molecule has 1 aliphatic heterocycles. The van der Waals surface area contributed by atoms with Gasteiger partial charge in [-0.05, 0) is 30.9 Å². The van der Waals surface area contributed by atoms with Gasteiger partial charge in [-0.1, -0.05) is 13.0 Å². The first-order valence-corrected chi connectivity index (χ1v) is 9.15. The summed E-state index contributed by atoms with van der Waals surface area (Å²) in [7, 11) is 0. The maximum Gasteiger partial charge on any atom is 0.311 e.